The molecule has 0 spiro atoms. The number of rotatable bonds is 3. The van der Waals surface area contributed by atoms with E-state index in [1.165, 1.54) is 6.07 Å². The van der Waals surface area contributed by atoms with Gasteiger partial charge in [-0.1, -0.05) is 27.5 Å². The number of nitro benzene ring substituents is 1. The molecule has 7 heteroatoms. The molecule has 5 nitrogen and oxygen atoms in total. The van der Waals surface area contributed by atoms with E-state index in [1.54, 1.807) is 0 Å². The second kappa shape index (κ2) is 4.59. The van der Waals surface area contributed by atoms with E-state index in [2.05, 4.69) is 15.9 Å². The van der Waals surface area contributed by atoms with E-state index >= 15 is 0 Å². The summed E-state index contributed by atoms with van der Waals surface area (Å²) in [7, 11) is 0. The van der Waals surface area contributed by atoms with Gasteiger partial charge in [-0.15, -0.1) is 0 Å². The summed E-state index contributed by atoms with van der Waals surface area (Å²) in [5.74, 6) is -0.448. The molecule has 0 unspecified atom stereocenters. The summed E-state index contributed by atoms with van der Waals surface area (Å²) < 4.78 is 0. The zero-order chi connectivity index (χ0) is 11.6. The van der Waals surface area contributed by atoms with Crippen LogP contribution >= 0.6 is 27.5 Å². The largest absolute Gasteiger partial charge is 0.398 e. The van der Waals surface area contributed by atoms with Crippen LogP contribution in [0.2, 0.25) is 5.02 Å². The molecule has 1 rings (SSSR count). The Labute approximate surface area is 98.5 Å². The van der Waals surface area contributed by atoms with E-state index in [4.69, 9.17) is 17.3 Å². The van der Waals surface area contributed by atoms with Crippen LogP contribution in [0.1, 0.15) is 10.4 Å². The number of nitrogens with two attached hydrogens (primary N) is 1. The number of carbonyl (C=O) groups excluding carboxylic acids is 1. The van der Waals surface area contributed by atoms with Gasteiger partial charge in [0.2, 0.25) is 0 Å². The standard InChI is InChI=1S/C8H6BrClN2O3/c9-3-7(13)8-5(11)1-4(10)2-6(8)12(14)15/h1-2H,3,11H2. The number of nitrogen functional groups attached to an aromatic ring is 1. The maximum absolute atomic E-state index is 11.4. The summed E-state index contributed by atoms with van der Waals surface area (Å²) in [5, 5.41) is 10.8. The third-order valence-corrected chi connectivity index (χ3v) is 2.44. The van der Waals surface area contributed by atoms with Crippen LogP contribution in [-0.4, -0.2) is 16.0 Å². The van der Waals surface area contributed by atoms with E-state index in [-0.39, 0.29) is 27.3 Å². The highest BCUT2D eigenvalue weighted by Crippen LogP contribution is 2.29. The van der Waals surface area contributed by atoms with Crippen molar-refractivity contribution in [3.05, 3.63) is 32.8 Å². The Hall–Kier alpha value is -1.14. The lowest BCUT2D eigenvalue weighted by molar-refractivity contribution is -0.385. The predicted octanol–water partition coefficient (Wildman–Crippen LogP) is 2.41. The van der Waals surface area contributed by atoms with Crippen LogP contribution in [0.4, 0.5) is 11.4 Å². The number of hydrogen-bond donors (Lipinski definition) is 1. The third kappa shape index (κ3) is 2.45. The minimum Gasteiger partial charge on any atom is -0.398 e. The van der Waals surface area contributed by atoms with Gasteiger partial charge in [-0.3, -0.25) is 14.9 Å². The van der Waals surface area contributed by atoms with Crippen LogP contribution in [-0.2, 0) is 0 Å². The van der Waals surface area contributed by atoms with Crippen LogP contribution in [0.25, 0.3) is 0 Å². The average Bonchev–Trinajstić information content (AvgIpc) is 2.15. The molecule has 0 aliphatic carbocycles. The molecule has 0 radical (unpaired) electrons. The maximum Gasteiger partial charge on any atom is 0.283 e. The molecule has 0 saturated carbocycles. The molecule has 0 aromatic heterocycles. The number of benzene rings is 1. The number of anilines is 1. The van der Waals surface area contributed by atoms with E-state index in [1.807, 2.05) is 0 Å². The maximum atomic E-state index is 11.4. The average molecular weight is 294 g/mol. The van der Waals surface area contributed by atoms with Crippen molar-refractivity contribution in [3.63, 3.8) is 0 Å². The fourth-order valence-corrected chi connectivity index (χ4v) is 1.63. The molecular formula is C8H6BrClN2O3. The van der Waals surface area contributed by atoms with Crippen LogP contribution in [0.5, 0.6) is 0 Å². The summed E-state index contributed by atoms with van der Waals surface area (Å²) in [6.07, 6.45) is 0. The first-order valence-corrected chi connectivity index (χ1v) is 5.30. The molecule has 0 aliphatic heterocycles. The third-order valence-electron chi connectivity index (χ3n) is 1.71. The Bertz CT molecular complexity index is 436. The monoisotopic (exact) mass is 292 g/mol. The van der Waals surface area contributed by atoms with Gasteiger partial charge in [0.1, 0.15) is 5.56 Å². The van der Waals surface area contributed by atoms with Crippen LogP contribution in [0.15, 0.2) is 12.1 Å². The highest BCUT2D eigenvalue weighted by atomic mass is 79.9. The highest BCUT2D eigenvalue weighted by molar-refractivity contribution is 9.09. The number of nitrogens with zero attached hydrogens (tertiary/aromatic N) is 1. The van der Waals surface area contributed by atoms with E-state index in [9.17, 15) is 14.9 Å². The van der Waals surface area contributed by atoms with Gasteiger partial charge in [0.25, 0.3) is 5.69 Å². The van der Waals surface area contributed by atoms with Crippen molar-refractivity contribution >= 4 is 44.7 Å². The summed E-state index contributed by atoms with van der Waals surface area (Å²) >= 11 is 8.53. The second-order valence-electron chi connectivity index (χ2n) is 2.70. The number of halogens is 2. The molecule has 2 N–H and O–H groups in total. The smallest absolute Gasteiger partial charge is 0.283 e. The molecule has 0 aliphatic rings. The fourth-order valence-electron chi connectivity index (χ4n) is 1.13. The van der Waals surface area contributed by atoms with Crippen molar-refractivity contribution in [1.29, 1.82) is 0 Å². The molecule has 1 aromatic rings. The Kier molecular flexibility index (Phi) is 3.65. The number of Topliss-reactive ketones (excluding diaryl/α,β-unsaturated/α-hetero) is 1. The number of alkyl halides is 1. The lowest BCUT2D eigenvalue weighted by atomic mass is 10.1. The molecule has 0 fully saturated rings. The van der Waals surface area contributed by atoms with E-state index < -0.39 is 10.7 Å². The fraction of sp³-hybridized carbons (Fsp3) is 0.125. The molecule has 1 aromatic carbocycles. The number of hydrogen-bond acceptors (Lipinski definition) is 4. The summed E-state index contributed by atoms with van der Waals surface area (Å²) in [6.45, 7) is 0. The molecule has 0 amide bonds. The molecule has 0 bridgehead atoms. The molecule has 80 valence electrons. The first kappa shape index (κ1) is 11.9. The van der Waals surface area contributed by atoms with E-state index in [0.717, 1.165) is 6.07 Å². The van der Waals surface area contributed by atoms with Crippen molar-refractivity contribution < 1.29 is 9.72 Å². The quantitative estimate of drug-likeness (QED) is 0.305. The second-order valence-corrected chi connectivity index (χ2v) is 3.70. The van der Waals surface area contributed by atoms with Gasteiger partial charge in [0.05, 0.1) is 15.9 Å². The van der Waals surface area contributed by atoms with Crippen molar-refractivity contribution in [2.75, 3.05) is 11.1 Å². The molecular weight excluding hydrogens is 287 g/mol. The van der Waals surface area contributed by atoms with Gasteiger partial charge in [0, 0.05) is 11.1 Å². The summed E-state index contributed by atoms with van der Waals surface area (Å²) in [5.41, 5.74) is 5.04. The Balaban J connectivity index is 3.46. The zero-order valence-corrected chi connectivity index (χ0v) is 9.71. The Morgan fingerprint density at radius 1 is 1.60 bits per heavy atom. The van der Waals surface area contributed by atoms with Crippen LogP contribution < -0.4 is 5.73 Å². The van der Waals surface area contributed by atoms with Crippen molar-refractivity contribution in [2.45, 2.75) is 0 Å². The lowest BCUT2D eigenvalue weighted by Gasteiger charge is -2.04. The summed E-state index contributed by atoms with van der Waals surface area (Å²) in [6, 6.07) is 2.41. The van der Waals surface area contributed by atoms with Gasteiger partial charge in [0.15, 0.2) is 5.78 Å². The van der Waals surface area contributed by atoms with Gasteiger partial charge < -0.3 is 5.73 Å². The van der Waals surface area contributed by atoms with Crippen molar-refractivity contribution in [3.8, 4) is 0 Å². The Morgan fingerprint density at radius 2 is 2.20 bits per heavy atom. The van der Waals surface area contributed by atoms with E-state index in [0.29, 0.717) is 0 Å². The molecule has 0 saturated heterocycles. The Morgan fingerprint density at radius 3 is 2.67 bits per heavy atom. The number of ketones is 1. The lowest BCUT2D eigenvalue weighted by Crippen LogP contribution is -2.08. The first-order chi connectivity index (χ1) is 6.97. The highest BCUT2D eigenvalue weighted by Gasteiger charge is 2.23. The van der Waals surface area contributed by atoms with Crippen molar-refractivity contribution in [1.82, 2.24) is 0 Å². The molecule has 15 heavy (non-hydrogen) atoms. The van der Waals surface area contributed by atoms with Crippen LogP contribution in [0.3, 0.4) is 0 Å². The normalized spacial score (nSPS) is 10.0. The zero-order valence-electron chi connectivity index (χ0n) is 7.37. The minimum absolute atomic E-state index is 0.0126. The minimum atomic E-state index is -0.682. The summed E-state index contributed by atoms with van der Waals surface area (Å²) in [4.78, 5) is 21.4. The topological polar surface area (TPSA) is 86.2 Å². The molecule has 0 atom stereocenters. The van der Waals surface area contributed by atoms with Gasteiger partial charge in [-0.05, 0) is 6.07 Å². The first-order valence-electron chi connectivity index (χ1n) is 3.80. The SMILES string of the molecule is Nc1cc(Cl)cc([N+](=O)[O-])c1C(=O)CBr. The predicted molar refractivity (Wildman–Crippen MR) is 60.6 cm³/mol. The van der Waals surface area contributed by atoms with Gasteiger partial charge in [-0.25, -0.2) is 0 Å². The number of carbonyl (C=O) groups is 1. The van der Waals surface area contributed by atoms with Crippen LogP contribution in [0, 0.1) is 10.1 Å². The molecule has 0 heterocycles. The number of nitro groups is 1. The van der Waals surface area contributed by atoms with Crippen molar-refractivity contribution in [2.24, 2.45) is 0 Å². The van der Waals surface area contributed by atoms with Gasteiger partial charge in [-0.2, -0.15) is 0 Å². The van der Waals surface area contributed by atoms with Gasteiger partial charge >= 0.3 is 0 Å².